The highest BCUT2D eigenvalue weighted by Gasteiger charge is 2.39. The van der Waals surface area contributed by atoms with Gasteiger partial charge in [-0.2, -0.15) is 0 Å². The first kappa shape index (κ1) is 18.1. The molecule has 1 atom stereocenters. The number of benzene rings is 3. The van der Waals surface area contributed by atoms with Crippen LogP contribution in [0.3, 0.4) is 0 Å². The maximum absolute atomic E-state index is 12.9. The summed E-state index contributed by atoms with van der Waals surface area (Å²) in [5.41, 5.74) is 4.69. The quantitative estimate of drug-likeness (QED) is 0.543. The number of carboxylic acids is 1. The van der Waals surface area contributed by atoms with Crippen LogP contribution in [0, 0.1) is 0 Å². The number of pyridine rings is 1. The fourth-order valence-electron chi connectivity index (χ4n) is 4.25. The van der Waals surface area contributed by atoms with Crippen molar-refractivity contribution in [3.8, 4) is 11.1 Å². The molecule has 1 aliphatic rings. The van der Waals surface area contributed by atoms with Crippen molar-refractivity contribution >= 4 is 22.8 Å². The minimum Gasteiger partial charge on any atom is -0.480 e. The van der Waals surface area contributed by atoms with Crippen LogP contribution in [0.15, 0.2) is 84.9 Å². The Morgan fingerprint density at radius 3 is 2.07 bits per heavy atom. The molecule has 3 aromatic carbocycles. The van der Waals surface area contributed by atoms with Gasteiger partial charge in [0, 0.05) is 11.3 Å². The first-order valence-electron chi connectivity index (χ1n) is 9.71. The molecule has 1 amide bonds. The Kier molecular flexibility index (Phi) is 4.29. The molecule has 1 aliphatic carbocycles. The average molecular weight is 394 g/mol. The van der Waals surface area contributed by atoms with Crippen molar-refractivity contribution in [2.45, 2.75) is 12.0 Å². The van der Waals surface area contributed by atoms with Gasteiger partial charge in [-0.15, -0.1) is 0 Å². The minimum absolute atomic E-state index is 0.194. The summed E-state index contributed by atoms with van der Waals surface area (Å²) in [6, 6.07) is 25.3. The molecule has 5 rings (SSSR count). The molecule has 0 bridgehead atoms. The number of carboxylic acid groups (broad SMARTS) is 1. The number of nitrogens with one attached hydrogen (secondary N) is 1. The van der Waals surface area contributed by atoms with Gasteiger partial charge in [0.2, 0.25) is 0 Å². The first-order chi connectivity index (χ1) is 14.6. The topological polar surface area (TPSA) is 79.3 Å². The summed E-state index contributed by atoms with van der Waals surface area (Å²) < 4.78 is 0. The van der Waals surface area contributed by atoms with Crippen molar-refractivity contribution in [1.82, 2.24) is 10.3 Å². The number of amides is 1. The van der Waals surface area contributed by atoms with Gasteiger partial charge in [-0.05, 0) is 34.4 Å². The lowest BCUT2D eigenvalue weighted by Gasteiger charge is -2.23. The molecule has 5 nitrogen and oxygen atoms in total. The van der Waals surface area contributed by atoms with Crippen LogP contribution in [-0.4, -0.2) is 28.0 Å². The normalized spacial score (nSPS) is 13.5. The van der Waals surface area contributed by atoms with Crippen LogP contribution in [0.2, 0.25) is 0 Å². The molecule has 0 fully saturated rings. The number of fused-ring (bicyclic) bond motifs is 4. The maximum atomic E-state index is 12.9. The Labute approximate surface area is 173 Å². The molecule has 1 heterocycles. The lowest BCUT2D eigenvalue weighted by molar-refractivity contribution is -0.139. The van der Waals surface area contributed by atoms with E-state index in [2.05, 4.69) is 10.3 Å². The van der Waals surface area contributed by atoms with Gasteiger partial charge in [-0.3, -0.25) is 4.79 Å². The van der Waals surface area contributed by atoms with E-state index in [1.807, 2.05) is 78.9 Å². The lowest BCUT2D eigenvalue weighted by Crippen LogP contribution is -2.45. The summed E-state index contributed by atoms with van der Waals surface area (Å²) >= 11 is 0. The van der Waals surface area contributed by atoms with Crippen LogP contribution >= 0.6 is 0 Å². The molecule has 146 valence electrons. The highest BCUT2D eigenvalue weighted by molar-refractivity contribution is 5.98. The van der Waals surface area contributed by atoms with Crippen LogP contribution < -0.4 is 5.32 Å². The number of para-hydroxylation sites is 1. The summed E-state index contributed by atoms with van der Waals surface area (Å²) in [6.45, 7) is 0. The smallest absolute Gasteiger partial charge is 0.327 e. The second kappa shape index (κ2) is 7.12. The fraction of sp³-hybridized carbons (Fsp3) is 0.0800. The summed E-state index contributed by atoms with van der Waals surface area (Å²) in [4.78, 5) is 29.6. The summed E-state index contributed by atoms with van der Waals surface area (Å²) in [5.74, 6) is -2.06. The van der Waals surface area contributed by atoms with Crippen LogP contribution in [0.1, 0.15) is 27.5 Å². The van der Waals surface area contributed by atoms with Crippen LogP contribution in [0.5, 0.6) is 0 Å². The molecule has 0 unspecified atom stereocenters. The Hall–Kier alpha value is -3.99. The third kappa shape index (κ3) is 2.92. The molecule has 4 aromatic rings. The molecule has 30 heavy (non-hydrogen) atoms. The molecule has 1 aromatic heterocycles. The third-order valence-electron chi connectivity index (χ3n) is 5.60. The van der Waals surface area contributed by atoms with Crippen LogP contribution in [-0.2, 0) is 4.79 Å². The standard InChI is InChI=1S/C25H18N2O3/c28-24(21-14-13-15-7-1-6-12-20(15)26-21)27-23(25(29)30)22-18-10-4-2-8-16(18)17-9-3-5-11-19(17)22/h1-14,22-23H,(H,27,28)(H,29,30)/t23-/m0/s1. The minimum atomic E-state index is -1.12. The van der Waals surface area contributed by atoms with Crippen molar-refractivity contribution in [2.24, 2.45) is 0 Å². The highest BCUT2D eigenvalue weighted by atomic mass is 16.4. The van der Waals surface area contributed by atoms with E-state index in [1.54, 1.807) is 6.07 Å². The van der Waals surface area contributed by atoms with Crippen LogP contribution in [0.4, 0.5) is 0 Å². The monoisotopic (exact) mass is 394 g/mol. The van der Waals surface area contributed by atoms with E-state index in [1.165, 1.54) is 0 Å². The molecular weight excluding hydrogens is 376 g/mol. The maximum Gasteiger partial charge on any atom is 0.327 e. The Morgan fingerprint density at radius 2 is 1.40 bits per heavy atom. The zero-order valence-electron chi connectivity index (χ0n) is 15.9. The predicted octanol–water partition coefficient (Wildman–Crippen LogP) is 4.23. The number of rotatable bonds is 4. The number of carbonyl (C=O) groups excluding carboxylic acids is 1. The van der Waals surface area contributed by atoms with Gasteiger partial charge in [-0.25, -0.2) is 9.78 Å². The van der Waals surface area contributed by atoms with E-state index in [-0.39, 0.29) is 5.69 Å². The van der Waals surface area contributed by atoms with Crippen molar-refractivity contribution in [3.05, 3.63) is 102 Å². The van der Waals surface area contributed by atoms with E-state index < -0.39 is 23.8 Å². The van der Waals surface area contributed by atoms with Crippen molar-refractivity contribution in [1.29, 1.82) is 0 Å². The van der Waals surface area contributed by atoms with E-state index in [4.69, 9.17) is 0 Å². The van der Waals surface area contributed by atoms with E-state index in [9.17, 15) is 14.7 Å². The van der Waals surface area contributed by atoms with Gasteiger partial charge in [0.25, 0.3) is 5.91 Å². The van der Waals surface area contributed by atoms with Gasteiger partial charge in [-0.1, -0.05) is 72.8 Å². The Bertz CT molecular complexity index is 1250. The summed E-state index contributed by atoms with van der Waals surface area (Å²) in [7, 11) is 0. The molecule has 0 radical (unpaired) electrons. The van der Waals surface area contributed by atoms with Gasteiger partial charge < -0.3 is 10.4 Å². The summed E-state index contributed by atoms with van der Waals surface area (Å²) in [5, 5.41) is 13.7. The zero-order valence-corrected chi connectivity index (χ0v) is 15.9. The molecular formula is C25H18N2O3. The highest BCUT2D eigenvalue weighted by Crippen LogP contribution is 2.46. The third-order valence-corrected chi connectivity index (χ3v) is 5.60. The van der Waals surface area contributed by atoms with E-state index in [0.717, 1.165) is 27.6 Å². The molecule has 0 saturated heterocycles. The zero-order chi connectivity index (χ0) is 20.7. The van der Waals surface area contributed by atoms with Crippen molar-refractivity contribution in [3.63, 3.8) is 0 Å². The fourth-order valence-corrected chi connectivity index (χ4v) is 4.25. The molecule has 0 spiro atoms. The van der Waals surface area contributed by atoms with Crippen LogP contribution in [0.25, 0.3) is 22.0 Å². The van der Waals surface area contributed by atoms with Gasteiger partial charge in [0.15, 0.2) is 0 Å². The second-order valence-electron chi connectivity index (χ2n) is 7.33. The number of carbonyl (C=O) groups is 2. The van der Waals surface area contributed by atoms with Crippen molar-refractivity contribution in [2.75, 3.05) is 0 Å². The predicted molar refractivity (Wildman–Crippen MR) is 114 cm³/mol. The lowest BCUT2D eigenvalue weighted by atomic mass is 9.89. The van der Waals surface area contributed by atoms with E-state index in [0.29, 0.717) is 5.52 Å². The number of nitrogens with zero attached hydrogens (tertiary/aromatic N) is 1. The van der Waals surface area contributed by atoms with Gasteiger partial charge >= 0.3 is 5.97 Å². The summed E-state index contributed by atoms with van der Waals surface area (Å²) in [6.07, 6.45) is 0. The van der Waals surface area contributed by atoms with Gasteiger partial charge in [0.05, 0.1) is 5.52 Å². The second-order valence-corrected chi connectivity index (χ2v) is 7.33. The van der Waals surface area contributed by atoms with Gasteiger partial charge in [0.1, 0.15) is 11.7 Å². The van der Waals surface area contributed by atoms with Crippen molar-refractivity contribution < 1.29 is 14.7 Å². The molecule has 0 saturated carbocycles. The number of hydrogen-bond donors (Lipinski definition) is 2. The molecule has 0 aliphatic heterocycles. The Balaban J connectivity index is 1.53. The Morgan fingerprint density at radius 1 is 0.800 bits per heavy atom. The molecule has 5 heteroatoms. The average Bonchev–Trinajstić information content (AvgIpc) is 3.11. The first-order valence-corrected chi connectivity index (χ1v) is 9.71. The number of hydrogen-bond acceptors (Lipinski definition) is 3. The molecule has 2 N–H and O–H groups in total. The number of aliphatic carboxylic acids is 1. The van der Waals surface area contributed by atoms with E-state index >= 15 is 0 Å². The largest absolute Gasteiger partial charge is 0.480 e. The SMILES string of the molecule is O=C(N[C@H](C(=O)O)C1c2ccccc2-c2ccccc21)c1ccc2ccccc2n1. The number of aromatic nitrogens is 1.